The van der Waals surface area contributed by atoms with Gasteiger partial charge in [-0.2, -0.15) is 0 Å². The highest BCUT2D eigenvalue weighted by molar-refractivity contribution is 7.78. The number of isothiocyanates is 1. The Morgan fingerprint density at radius 3 is 1.43 bits per heavy atom. The van der Waals surface area contributed by atoms with Gasteiger partial charge in [-0.15, -0.1) is 0 Å². The molecule has 2 heteroatoms. The molecule has 0 radical (unpaired) electrons. The van der Waals surface area contributed by atoms with Crippen LogP contribution in [0.1, 0.15) is 104 Å². The number of rotatable bonds is 14. The predicted octanol–water partition coefficient (Wildman–Crippen LogP) is 7.21. The van der Waals surface area contributed by atoms with Crippen molar-refractivity contribution in [2.45, 2.75) is 104 Å². The second-order valence-electron chi connectivity index (χ2n) is 7.53. The highest BCUT2D eigenvalue weighted by atomic mass is 32.1. The van der Waals surface area contributed by atoms with Gasteiger partial charge in [0, 0.05) is 6.54 Å². The Morgan fingerprint density at radius 1 is 0.667 bits per heavy atom. The largest absolute Gasteiger partial charge is 0.233 e. The first-order valence-electron chi connectivity index (χ1n) is 9.10. The van der Waals surface area contributed by atoms with Crippen LogP contribution in [0.3, 0.4) is 0 Å². The standard InChI is InChI=1S/C19H37NS/c1-19(2,3)16-14-12-10-8-6-4-5-7-9-11-13-15-17-20-18-21/h4-17H2,1-3H3. The fourth-order valence-corrected chi connectivity index (χ4v) is 2.75. The van der Waals surface area contributed by atoms with E-state index in [1.807, 2.05) is 0 Å². The molecule has 0 aliphatic carbocycles. The third-order valence-corrected chi connectivity index (χ3v) is 4.14. The summed E-state index contributed by atoms with van der Waals surface area (Å²) >= 11 is 4.54. The van der Waals surface area contributed by atoms with Crippen molar-refractivity contribution in [3.63, 3.8) is 0 Å². The summed E-state index contributed by atoms with van der Waals surface area (Å²) in [6, 6.07) is 0. The molecule has 0 aliphatic rings. The molecule has 0 amide bonds. The van der Waals surface area contributed by atoms with Crippen LogP contribution in [-0.4, -0.2) is 11.7 Å². The average Bonchev–Trinajstić information content (AvgIpc) is 2.42. The van der Waals surface area contributed by atoms with Crippen LogP contribution in [0.25, 0.3) is 0 Å². The Morgan fingerprint density at radius 2 is 1.05 bits per heavy atom. The third kappa shape index (κ3) is 19.8. The van der Waals surface area contributed by atoms with E-state index in [1.165, 1.54) is 83.5 Å². The van der Waals surface area contributed by atoms with Gasteiger partial charge in [0.25, 0.3) is 0 Å². The van der Waals surface area contributed by atoms with Crippen LogP contribution in [0, 0.1) is 5.41 Å². The van der Waals surface area contributed by atoms with Crippen LogP contribution >= 0.6 is 12.2 Å². The second-order valence-corrected chi connectivity index (χ2v) is 7.71. The molecule has 0 rings (SSSR count). The Hall–Kier alpha value is -0.200. The van der Waals surface area contributed by atoms with Crippen molar-refractivity contribution in [3.05, 3.63) is 0 Å². The monoisotopic (exact) mass is 311 g/mol. The Bertz CT molecular complexity index is 261. The van der Waals surface area contributed by atoms with Crippen molar-refractivity contribution in [1.82, 2.24) is 0 Å². The molecule has 0 heterocycles. The predicted molar refractivity (Wildman–Crippen MR) is 99.4 cm³/mol. The number of nitrogens with zero attached hydrogens (tertiary/aromatic N) is 1. The summed E-state index contributed by atoms with van der Waals surface area (Å²) in [4.78, 5) is 3.94. The topological polar surface area (TPSA) is 12.4 Å². The fraction of sp³-hybridized carbons (Fsp3) is 0.947. The highest BCUT2D eigenvalue weighted by Gasteiger charge is 2.08. The quantitative estimate of drug-likeness (QED) is 0.187. The molecule has 0 aliphatic heterocycles. The van der Waals surface area contributed by atoms with E-state index in [0.717, 1.165) is 6.54 Å². The van der Waals surface area contributed by atoms with E-state index in [2.05, 4.69) is 43.1 Å². The summed E-state index contributed by atoms with van der Waals surface area (Å²) in [7, 11) is 0. The van der Waals surface area contributed by atoms with Gasteiger partial charge in [-0.3, -0.25) is 0 Å². The summed E-state index contributed by atoms with van der Waals surface area (Å²) in [5.41, 5.74) is 0.524. The summed E-state index contributed by atoms with van der Waals surface area (Å²) in [6.45, 7) is 7.91. The number of unbranched alkanes of at least 4 members (excludes halogenated alkanes) is 11. The van der Waals surface area contributed by atoms with Gasteiger partial charge in [-0.05, 0) is 30.5 Å². The van der Waals surface area contributed by atoms with E-state index >= 15 is 0 Å². The molecule has 124 valence electrons. The van der Waals surface area contributed by atoms with Gasteiger partial charge in [0.05, 0.1) is 5.16 Å². The summed E-state index contributed by atoms with van der Waals surface area (Å²) in [5.74, 6) is 0. The number of hydrogen-bond donors (Lipinski definition) is 0. The van der Waals surface area contributed by atoms with Gasteiger partial charge >= 0.3 is 0 Å². The maximum atomic E-state index is 4.54. The van der Waals surface area contributed by atoms with E-state index < -0.39 is 0 Å². The van der Waals surface area contributed by atoms with E-state index in [0.29, 0.717) is 5.41 Å². The normalized spacial score (nSPS) is 11.4. The van der Waals surface area contributed by atoms with E-state index in [4.69, 9.17) is 0 Å². The molecular weight excluding hydrogens is 274 g/mol. The Labute approximate surface area is 139 Å². The molecule has 0 saturated carbocycles. The maximum absolute atomic E-state index is 4.54. The molecule has 0 unspecified atom stereocenters. The van der Waals surface area contributed by atoms with Crippen molar-refractivity contribution in [3.8, 4) is 0 Å². The van der Waals surface area contributed by atoms with Crippen LogP contribution < -0.4 is 0 Å². The van der Waals surface area contributed by atoms with Crippen molar-refractivity contribution in [1.29, 1.82) is 0 Å². The molecule has 1 nitrogen and oxygen atoms in total. The first-order chi connectivity index (χ1) is 10.1. The van der Waals surface area contributed by atoms with Crippen molar-refractivity contribution < 1.29 is 0 Å². The SMILES string of the molecule is CC(C)(C)CCCCCCCCCCCCCCN=C=S. The number of aliphatic imine (C=N–C) groups is 1. The van der Waals surface area contributed by atoms with Crippen molar-refractivity contribution in [2.75, 3.05) is 6.54 Å². The highest BCUT2D eigenvalue weighted by Crippen LogP contribution is 2.22. The minimum atomic E-state index is 0.524. The maximum Gasteiger partial charge on any atom is 0.0584 e. The van der Waals surface area contributed by atoms with E-state index in [9.17, 15) is 0 Å². The average molecular weight is 312 g/mol. The van der Waals surface area contributed by atoms with E-state index in [1.54, 1.807) is 0 Å². The van der Waals surface area contributed by atoms with Gasteiger partial charge in [-0.25, -0.2) is 4.99 Å². The van der Waals surface area contributed by atoms with Crippen molar-refractivity contribution in [2.24, 2.45) is 10.4 Å². The summed E-state index contributed by atoms with van der Waals surface area (Å²) in [6.07, 6.45) is 18.1. The molecule has 0 fully saturated rings. The van der Waals surface area contributed by atoms with Crippen LogP contribution in [0.15, 0.2) is 4.99 Å². The summed E-state index contributed by atoms with van der Waals surface area (Å²) in [5, 5.41) is 2.43. The van der Waals surface area contributed by atoms with E-state index in [-0.39, 0.29) is 0 Å². The molecule has 0 bridgehead atoms. The lowest BCUT2D eigenvalue weighted by atomic mass is 9.89. The minimum Gasteiger partial charge on any atom is -0.233 e. The zero-order valence-corrected chi connectivity index (χ0v) is 15.6. The summed E-state index contributed by atoms with van der Waals surface area (Å²) < 4.78 is 0. The molecule has 0 N–H and O–H groups in total. The zero-order chi connectivity index (χ0) is 15.8. The van der Waals surface area contributed by atoms with Crippen LogP contribution in [0.2, 0.25) is 0 Å². The molecule has 0 atom stereocenters. The van der Waals surface area contributed by atoms with Crippen LogP contribution in [0.5, 0.6) is 0 Å². The molecule has 0 spiro atoms. The minimum absolute atomic E-state index is 0.524. The molecular formula is C19H37NS. The third-order valence-electron chi connectivity index (χ3n) is 4.01. The van der Waals surface area contributed by atoms with Gasteiger partial charge < -0.3 is 0 Å². The lowest BCUT2D eigenvalue weighted by Gasteiger charge is -2.17. The van der Waals surface area contributed by atoms with Crippen LogP contribution in [-0.2, 0) is 0 Å². The van der Waals surface area contributed by atoms with Crippen LogP contribution in [0.4, 0.5) is 0 Å². The molecule has 0 aromatic rings. The Kier molecular flexibility index (Phi) is 14.6. The smallest absolute Gasteiger partial charge is 0.0584 e. The fourth-order valence-electron chi connectivity index (χ4n) is 2.66. The van der Waals surface area contributed by atoms with Gasteiger partial charge in [-0.1, -0.05) is 91.4 Å². The second kappa shape index (κ2) is 14.7. The number of hydrogen-bond acceptors (Lipinski definition) is 2. The van der Waals surface area contributed by atoms with Gasteiger partial charge in [0.1, 0.15) is 0 Å². The number of thiocarbonyl (C=S) groups is 1. The molecule has 21 heavy (non-hydrogen) atoms. The lowest BCUT2D eigenvalue weighted by molar-refractivity contribution is 0.356. The first-order valence-corrected chi connectivity index (χ1v) is 9.51. The molecule has 0 aromatic heterocycles. The zero-order valence-electron chi connectivity index (χ0n) is 14.8. The van der Waals surface area contributed by atoms with Gasteiger partial charge in [0.15, 0.2) is 0 Å². The Balaban J connectivity index is 3.04. The molecule has 0 aromatic carbocycles. The van der Waals surface area contributed by atoms with Gasteiger partial charge in [0.2, 0.25) is 0 Å². The molecule has 0 saturated heterocycles. The lowest BCUT2D eigenvalue weighted by Crippen LogP contribution is -2.03. The van der Waals surface area contributed by atoms with Crippen molar-refractivity contribution >= 4 is 17.4 Å². The first kappa shape index (κ1) is 20.8.